The van der Waals surface area contributed by atoms with Crippen molar-refractivity contribution < 1.29 is 0 Å². The third kappa shape index (κ3) is 3.53. The summed E-state index contributed by atoms with van der Waals surface area (Å²) in [5.74, 6) is 0. The van der Waals surface area contributed by atoms with Crippen LogP contribution in [-0.4, -0.2) is 10.1 Å². The van der Waals surface area contributed by atoms with Gasteiger partial charge < -0.3 is 10.6 Å². The van der Waals surface area contributed by atoms with Gasteiger partial charge in [0, 0.05) is 6.20 Å². The van der Waals surface area contributed by atoms with Gasteiger partial charge in [-0.2, -0.15) is 0 Å². The summed E-state index contributed by atoms with van der Waals surface area (Å²) >= 11 is 5.26. The quantitative estimate of drug-likeness (QED) is 0.828. The summed E-state index contributed by atoms with van der Waals surface area (Å²) < 4.78 is 0. The van der Waals surface area contributed by atoms with Gasteiger partial charge in [-0.3, -0.25) is 4.98 Å². The number of hydrogen-bond donors (Lipinski definition) is 2. The topological polar surface area (TPSA) is 37.0 Å². The van der Waals surface area contributed by atoms with E-state index >= 15 is 0 Å². The molecular formula is C14H15N3S. The summed E-state index contributed by atoms with van der Waals surface area (Å²) in [7, 11) is 0. The molecule has 0 aliphatic heterocycles. The van der Waals surface area contributed by atoms with Gasteiger partial charge in [0.25, 0.3) is 0 Å². The van der Waals surface area contributed by atoms with Crippen LogP contribution in [0, 0.1) is 0 Å². The van der Waals surface area contributed by atoms with Crippen LogP contribution in [0.25, 0.3) is 0 Å². The molecular weight excluding hydrogens is 242 g/mol. The van der Waals surface area contributed by atoms with E-state index in [9.17, 15) is 0 Å². The average Bonchev–Trinajstić information content (AvgIpc) is 2.40. The minimum atomic E-state index is 0.169. The molecule has 92 valence electrons. The second kappa shape index (κ2) is 6.12. The fourth-order valence-corrected chi connectivity index (χ4v) is 1.92. The van der Waals surface area contributed by atoms with Crippen LogP contribution in [0.4, 0.5) is 5.69 Å². The fourth-order valence-electron chi connectivity index (χ4n) is 1.63. The van der Waals surface area contributed by atoms with Crippen molar-refractivity contribution in [2.45, 2.75) is 13.0 Å². The molecule has 0 spiro atoms. The highest BCUT2D eigenvalue weighted by Gasteiger charge is 2.06. The first kappa shape index (κ1) is 12.5. The summed E-state index contributed by atoms with van der Waals surface area (Å²) in [6, 6.07) is 14.1. The maximum Gasteiger partial charge on any atom is 0.171 e. The van der Waals surface area contributed by atoms with E-state index < -0.39 is 0 Å². The summed E-state index contributed by atoms with van der Waals surface area (Å²) in [6.07, 6.45) is 3.47. The van der Waals surface area contributed by atoms with Gasteiger partial charge >= 0.3 is 0 Å². The van der Waals surface area contributed by atoms with Gasteiger partial charge in [0.15, 0.2) is 5.11 Å². The van der Waals surface area contributed by atoms with Crippen LogP contribution in [0.5, 0.6) is 0 Å². The number of hydrogen-bond acceptors (Lipinski definition) is 2. The van der Waals surface area contributed by atoms with E-state index in [-0.39, 0.29) is 6.04 Å². The van der Waals surface area contributed by atoms with Crippen LogP contribution in [0.2, 0.25) is 0 Å². The fraction of sp³-hybridized carbons (Fsp3) is 0.143. The summed E-state index contributed by atoms with van der Waals surface area (Å²) in [5, 5.41) is 6.93. The zero-order valence-electron chi connectivity index (χ0n) is 10.1. The predicted octanol–water partition coefficient (Wildman–Crippen LogP) is 3.13. The largest absolute Gasteiger partial charge is 0.356 e. The number of pyridine rings is 1. The Hall–Kier alpha value is -1.94. The highest BCUT2D eigenvalue weighted by Crippen LogP contribution is 2.11. The van der Waals surface area contributed by atoms with Crippen molar-refractivity contribution in [1.82, 2.24) is 10.3 Å². The summed E-state index contributed by atoms with van der Waals surface area (Å²) in [4.78, 5) is 4.03. The van der Waals surface area contributed by atoms with Gasteiger partial charge in [-0.25, -0.2) is 0 Å². The number of rotatable bonds is 3. The van der Waals surface area contributed by atoms with E-state index in [1.165, 1.54) is 5.56 Å². The predicted molar refractivity (Wildman–Crippen MR) is 78.5 cm³/mol. The molecule has 1 heterocycles. The molecule has 0 aliphatic rings. The molecule has 0 unspecified atom stereocenters. The molecule has 0 saturated carbocycles. The normalized spacial score (nSPS) is 11.6. The molecule has 0 fully saturated rings. The third-order valence-electron chi connectivity index (χ3n) is 2.57. The number of benzene rings is 1. The Morgan fingerprint density at radius 3 is 2.61 bits per heavy atom. The van der Waals surface area contributed by atoms with Gasteiger partial charge in [-0.15, -0.1) is 0 Å². The van der Waals surface area contributed by atoms with E-state index in [0.29, 0.717) is 5.11 Å². The highest BCUT2D eigenvalue weighted by atomic mass is 32.1. The molecule has 0 radical (unpaired) electrons. The first-order valence-electron chi connectivity index (χ1n) is 5.78. The van der Waals surface area contributed by atoms with Crippen molar-refractivity contribution in [3.8, 4) is 0 Å². The lowest BCUT2D eigenvalue weighted by atomic mass is 10.1. The number of aromatic nitrogens is 1. The number of thiocarbonyl (C=S) groups is 1. The minimum absolute atomic E-state index is 0.169. The van der Waals surface area contributed by atoms with Crippen LogP contribution < -0.4 is 10.6 Å². The first-order chi connectivity index (χ1) is 8.75. The Labute approximate surface area is 112 Å². The SMILES string of the molecule is C[C@@H](NC(=S)Nc1cccnc1)c1ccccc1. The Bertz CT molecular complexity index is 499. The maximum atomic E-state index is 5.26. The summed E-state index contributed by atoms with van der Waals surface area (Å²) in [5.41, 5.74) is 2.09. The summed E-state index contributed by atoms with van der Waals surface area (Å²) in [6.45, 7) is 2.08. The molecule has 1 aromatic carbocycles. The molecule has 4 heteroatoms. The van der Waals surface area contributed by atoms with Crippen LogP contribution in [0.3, 0.4) is 0 Å². The Kier molecular flexibility index (Phi) is 4.25. The third-order valence-corrected chi connectivity index (χ3v) is 2.79. The number of nitrogens with zero attached hydrogens (tertiary/aromatic N) is 1. The Morgan fingerprint density at radius 2 is 1.94 bits per heavy atom. The van der Waals surface area contributed by atoms with E-state index in [0.717, 1.165) is 5.69 Å². The second-order valence-electron chi connectivity index (χ2n) is 3.97. The lowest BCUT2D eigenvalue weighted by Crippen LogP contribution is -2.30. The van der Waals surface area contributed by atoms with E-state index in [1.807, 2.05) is 30.3 Å². The molecule has 0 bridgehead atoms. The van der Waals surface area contributed by atoms with Crippen LogP contribution >= 0.6 is 12.2 Å². The zero-order chi connectivity index (χ0) is 12.8. The standard InChI is InChI=1S/C14H15N3S/c1-11(12-6-3-2-4-7-12)16-14(18)17-13-8-5-9-15-10-13/h2-11H,1H3,(H2,16,17,18)/t11-/m1/s1. The van der Waals surface area contributed by atoms with Crippen molar-refractivity contribution in [2.75, 3.05) is 5.32 Å². The number of anilines is 1. The Balaban J connectivity index is 1.92. The van der Waals surface area contributed by atoms with Crippen LogP contribution in [0.15, 0.2) is 54.9 Å². The average molecular weight is 257 g/mol. The van der Waals surface area contributed by atoms with Gasteiger partial charge in [0.1, 0.15) is 0 Å². The smallest absolute Gasteiger partial charge is 0.171 e. The molecule has 0 saturated heterocycles. The molecule has 1 atom stereocenters. The molecule has 1 aromatic heterocycles. The Morgan fingerprint density at radius 1 is 1.17 bits per heavy atom. The van der Waals surface area contributed by atoms with E-state index in [2.05, 4.69) is 34.7 Å². The second-order valence-corrected chi connectivity index (χ2v) is 4.38. The van der Waals surface area contributed by atoms with Crippen molar-refractivity contribution >= 4 is 23.0 Å². The number of nitrogens with one attached hydrogen (secondary N) is 2. The van der Waals surface area contributed by atoms with E-state index in [1.54, 1.807) is 12.4 Å². The molecule has 0 amide bonds. The lowest BCUT2D eigenvalue weighted by Gasteiger charge is -2.17. The van der Waals surface area contributed by atoms with Crippen LogP contribution in [-0.2, 0) is 0 Å². The minimum Gasteiger partial charge on any atom is -0.356 e. The molecule has 2 N–H and O–H groups in total. The first-order valence-corrected chi connectivity index (χ1v) is 6.19. The van der Waals surface area contributed by atoms with Gasteiger partial charge in [-0.1, -0.05) is 30.3 Å². The molecule has 18 heavy (non-hydrogen) atoms. The van der Waals surface area contributed by atoms with Crippen molar-refractivity contribution in [2.24, 2.45) is 0 Å². The van der Waals surface area contributed by atoms with Crippen molar-refractivity contribution in [3.63, 3.8) is 0 Å². The lowest BCUT2D eigenvalue weighted by molar-refractivity contribution is 0.722. The van der Waals surface area contributed by atoms with Crippen molar-refractivity contribution in [1.29, 1.82) is 0 Å². The molecule has 2 aromatic rings. The molecule has 0 aliphatic carbocycles. The van der Waals surface area contributed by atoms with Gasteiger partial charge in [0.05, 0.1) is 17.9 Å². The highest BCUT2D eigenvalue weighted by molar-refractivity contribution is 7.80. The van der Waals surface area contributed by atoms with Gasteiger partial charge in [0.2, 0.25) is 0 Å². The monoisotopic (exact) mass is 257 g/mol. The van der Waals surface area contributed by atoms with Crippen molar-refractivity contribution in [3.05, 3.63) is 60.4 Å². The van der Waals surface area contributed by atoms with Crippen LogP contribution in [0.1, 0.15) is 18.5 Å². The molecule has 2 rings (SSSR count). The molecule has 3 nitrogen and oxygen atoms in total. The van der Waals surface area contributed by atoms with Gasteiger partial charge in [-0.05, 0) is 36.8 Å². The zero-order valence-corrected chi connectivity index (χ0v) is 10.9. The van der Waals surface area contributed by atoms with E-state index in [4.69, 9.17) is 12.2 Å². The maximum absolute atomic E-state index is 5.26.